The smallest absolute Gasteiger partial charge is 0.314 e. The minimum Gasteiger partial charge on any atom is -0.548 e. The Morgan fingerprint density at radius 3 is 2.14 bits per heavy atom. The fourth-order valence-electron chi connectivity index (χ4n) is 2.84. The topological polar surface area (TPSA) is 143 Å². The van der Waals surface area contributed by atoms with Crippen molar-refractivity contribution in [1.29, 1.82) is 0 Å². The van der Waals surface area contributed by atoms with E-state index >= 15 is 0 Å². The summed E-state index contributed by atoms with van der Waals surface area (Å²) >= 11 is 0. The quantitative estimate of drug-likeness (QED) is 0.553. The van der Waals surface area contributed by atoms with Crippen molar-refractivity contribution in [2.75, 3.05) is 10.8 Å². The van der Waals surface area contributed by atoms with Gasteiger partial charge in [-0.1, -0.05) is 26.0 Å². The van der Waals surface area contributed by atoms with E-state index < -0.39 is 33.7 Å². The fraction of sp³-hybridized carbons (Fsp3) is 0.211. The van der Waals surface area contributed by atoms with Gasteiger partial charge in [-0.05, 0) is 41.8 Å². The summed E-state index contributed by atoms with van der Waals surface area (Å²) in [6.07, 6.45) is 0. The predicted octanol–water partition coefficient (Wildman–Crippen LogP) is 0.285. The van der Waals surface area contributed by atoms with Crippen molar-refractivity contribution in [3.05, 3.63) is 68.7 Å². The minimum atomic E-state index is -4.30. The number of nitrogens with zero attached hydrogens (tertiary/aromatic N) is 1. The largest absolute Gasteiger partial charge is 0.548 e. The summed E-state index contributed by atoms with van der Waals surface area (Å²) in [6, 6.07) is 10.2. The Morgan fingerprint density at radius 2 is 1.59 bits per heavy atom. The third-order valence-corrected chi connectivity index (χ3v) is 6.17. The van der Waals surface area contributed by atoms with Gasteiger partial charge in [0.15, 0.2) is 0 Å². The number of benzene rings is 2. The zero-order chi connectivity index (χ0) is 21.3. The summed E-state index contributed by atoms with van der Waals surface area (Å²) in [5.41, 5.74) is -0.333. The Hall–Kier alpha value is -3.40. The van der Waals surface area contributed by atoms with Crippen molar-refractivity contribution in [3.63, 3.8) is 0 Å². The van der Waals surface area contributed by atoms with Crippen LogP contribution in [0.15, 0.2) is 56.9 Å². The van der Waals surface area contributed by atoms with E-state index in [1.54, 1.807) is 12.1 Å². The second-order valence-electron chi connectivity index (χ2n) is 6.75. The van der Waals surface area contributed by atoms with Crippen molar-refractivity contribution in [3.8, 4) is 0 Å². The summed E-state index contributed by atoms with van der Waals surface area (Å²) in [5.74, 6) is -1.35. The first-order valence-corrected chi connectivity index (χ1v) is 10.1. The van der Waals surface area contributed by atoms with Gasteiger partial charge in [0.05, 0.1) is 34.1 Å². The van der Waals surface area contributed by atoms with Gasteiger partial charge >= 0.3 is 11.1 Å². The molecule has 152 valence electrons. The number of aromatic amines is 2. The maximum Gasteiger partial charge on any atom is 0.314 e. The van der Waals surface area contributed by atoms with Crippen LogP contribution in [0.4, 0.5) is 5.69 Å². The number of sulfonamides is 1. The van der Waals surface area contributed by atoms with E-state index in [9.17, 15) is 27.9 Å². The molecule has 0 bridgehead atoms. The summed E-state index contributed by atoms with van der Waals surface area (Å²) in [6.45, 7) is 3.07. The van der Waals surface area contributed by atoms with E-state index in [4.69, 9.17) is 0 Å². The molecule has 2 aromatic carbocycles. The minimum absolute atomic E-state index is 0.0965. The van der Waals surface area contributed by atoms with Crippen LogP contribution in [0.5, 0.6) is 0 Å². The fourth-order valence-corrected chi connectivity index (χ4v) is 4.28. The maximum atomic E-state index is 13.2. The zero-order valence-corrected chi connectivity index (χ0v) is 16.4. The Kier molecular flexibility index (Phi) is 5.29. The highest BCUT2D eigenvalue weighted by atomic mass is 32.2. The molecule has 0 radical (unpaired) electrons. The van der Waals surface area contributed by atoms with Crippen LogP contribution < -0.4 is 20.5 Å². The normalized spacial score (nSPS) is 11.7. The van der Waals surface area contributed by atoms with E-state index in [0.29, 0.717) is 0 Å². The lowest BCUT2D eigenvalue weighted by Crippen LogP contribution is -2.41. The highest BCUT2D eigenvalue weighted by Crippen LogP contribution is 2.26. The molecule has 1 heterocycles. The number of aromatic nitrogens is 2. The predicted molar refractivity (Wildman–Crippen MR) is 105 cm³/mol. The number of hydrogen-bond acceptors (Lipinski definition) is 6. The third-order valence-electron chi connectivity index (χ3n) is 4.40. The van der Waals surface area contributed by atoms with Crippen LogP contribution in [0.2, 0.25) is 0 Å². The third kappa shape index (κ3) is 4.06. The molecular formula is C19H18N3O6S-. The van der Waals surface area contributed by atoms with E-state index in [1.165, 1.54) is 24.3 Å². The lowest BCUT2D eigenvalue weighted by atomic mass is 10.0. The molecule has 0 aliphatic rings. The van der Waals surface area contributed by atoms with Crippen LogP contribution in [0.1, 0.15) is 25.3 Å². The van der Waals surface area contributed by atoms with Crippen molar-refractivity contribution >= 4 is 32.7 Å². The van der Waals surface area contributed by atoms with Crippen LogP contribution in [0.3, 0.4) is 0 Å². The Morgan fingerprint density at radius 1 is 1.00 bits per heavy atom. The number of hydrogen-bond donors (Lipinski definition) is 2. The van der Waals surface area contributed by atoms with Gasteiger partial charge in [-0.15, -0.1) is 0 Å². The van der Waals surface area contributed by atoms with Crippen LogP contribution >= 0.6 is 0 Å². The van der Waals surface area contributed by atoms with Crippen molar-refractivity contribution in [2.24, 2.45) is 0 Å². The highest BCUT2D eigenvalue weighted by molar-refractivity contribution is 7.92. The van der Waals surface area contributed by atoms with Gasteiger partial charge in [0.25, 0.3) is 10.0 Å². The molecule has 2 N–H and O–H groups in total. The summed E-state index contributed by atoms with van der Waals surface area (Å²) in [7, 11) is -4.30. The molecule has 0 amide bonds. The maximum absolute atomic E-state index is 13.2. The number of nitrogens with one attached hydrogen (secondary N) is 2. The summed E-state index contributed by atoms with van der Waals surface area (Å²) in [4.78, 5) is 38.6. The lowest BCUT2D eigenvalue weighted by Gasteiger charge is -2.25. The Labute approximate surface area is 165 Å². The molecule has 0 spiro atoms. The number of aliphatic carboxylic acids is 1. The molecule has 29 heavy (non-hydrogen) atoms. The molecule has 0 saturated carbocycles. The molecular weight excluding hydrogens is 398 g/mol. The average molecular weight is 416 g/mol. The number of rotatable bonds is 6. The standard InChI is InChI=1S/C19H19N3O6S/c1-11(2)12-3-5-13(6-4-12)22(10-17(23)24)29(27,28)14-7-8-15-16(9-14)21-19(26)18(25)20-15/h3-9,11H,10H2,1-2H3,(H,20,25)(H,21,26)(H,23,24)/p-1. The molecule has 0 atom stereocenters. The van der Waals surface area contributed by atoms with Gasteiger partial charge in [-0.2, -0.15) is 0 Å². The molecule has 0 aliphatic carbocycles. The second kappa shape index (κ2) is 7.55. The number of H-pyrrole nitrogens is 2. The molecule has 1 aromatic heterocycles. The van der Waals surface area contributed by atoms with Crippen molar-refractivity contribution < 1.29 is 18.3 Å². The van der Waals surface area contributed by atoms with Crippen molar-refractivity contribution in [2.45, 2.75) is 24.7 Å². The first kappa shape index (κ1) is 20.3. The molecule has 10 heteroatoms. The number of carbonyl (C=O) groups is 1. The SMILES string of the molecule is CC(C)c1ccc(N(CC(=O)[O-])S(=O)(=O)c2ccc3[nH]c(=O)c(=O)[nH]c3c2)cc1. The van der Waals surface area contributed by atoms with Crippen LogP contribution in [-0.2, 0) is 14.8 Å². The second-order valence-corrected chi connectivity index (χ2v) is 8.61. The Bertz CT molecular complexity index is 1290. The van der Waals surface area contributed by atoms with E-state index in [-0.39, 0.29) is 27.5 Å². The molecule has 3 aromatic rings. The summed E-state index contributed by atoms with van der Waals surface area (Å²) in [5, 5.41) is 11.2. The van der Waals surface area contributed by atoms with Gasteiger partial charge < -0.3 is 19.9 Å². The van der Waals surface area contributed by atoms with Crippen LogP contribution in [-0.4, -0.2) is 30.9 Å². The van der Waals surface area contributed by atoms with Gasteiger partial charge in [-0.3, -0.25) is 13.9 Å². The monoisotopic (exact) mass is 416 g/mol. The van der Waals surface area contributed by atoms with Crippen LogP contribution in [0.25, 0.3) is 11.0 Å². The molecule has 3 rings (SSSR count). The van der Waals surface area contributed by atoms with Gasteiger partial charge in [0, 0.05) is 0 Å². The number of carboxylic acid groups (broad SMARTS) is 1. The van der Waals surface area contributed by atoms with E-state index in [2.05, 4.69) is 9.97 Å². The number of carbonyl (C=O) groups excluding carboxylic acids is 1. The molecule has 0 saturated heterocycles. The summed E-state index contributed by atoms with van der Waals surface area (Å²) < 4.78 is 27.0. The highest BCUT2D eigenvalue weighted by Gasteiger charge is 2.26. The van der Waals surface area contributed by atoms with E-state index in [0.717, 1.165) is 15.9 Å². The van der Waals surface area contributed by atoms with Crippen LogP contribution in [0, 0.1) is 0 Å². The number of anilines is 1. The lowest BCUT2D eigenvalue weighted by molar-refractivity contribution is -0.303. The van der Waals surface area contributed by atoms with Gasteiger partial charge in [-0.25, -0.2) is 8.42 Å². The molecule has 9 nitrogen and oxygen atoms in total. The van der Waals surface area contributed by atoms with E-state index in [1.807, 2.05) is 13.8 Å². The number of carboxylic acids is 1. The van der Waals surface area contributed by atoms with Crippen molar-refractivity contribution in [1.82, 2.24) is 9.97 Å². The molecule has 0 fully saturated rings. The molecule has 0 aliphatic heterocycles. The first-order chi connectivity index (χ1) is 13.6. The average Bonchev–Trinajstić information content (AvgIpc) is 2.66. The molecule has 0 unspecified atom stereocenters. The van der Waals surface area contributed by atoms with Gasteiger partial charge in [0.2, 0.25) is 0 Å². The Balaban J connectivity index is 2.12. The zero-order valence-electron chi connectivity index (χ0n) is 15.6. The number of fused-ring (bicyclic) bond motifs is 1. The van der Waals surface area contributed by atoms with Gasteiger partial charge in [0.1, 0.15) is 0 Å². The first-order valence-electron chi connectivity index (χ1n) is 8.68.